The minimum Gasteiger partial charge on any atom is -0.206 e. The van der Waals surface area contributed by atoms with E-state index in [0.29, 0.717) is 5.92 Å². The van der Waals surface area contributed by atoms with Crippen LogP contribution in [0.25, 0.3) is 0 Å². The zero-order valence-corrected chi connectivity index (χ0v) is 12.2. The van der Waals surface area contributed by atoms with Crippen LogP contribution >= 0.6 is 11.6 Å². The summed E-state index contributed by atoms with van der Waals surface area (Å²) in [5.74, 6) is 0.964. The highest BCUT2D eigenvalue weighted by Gasteiger charge is 2.19. The molecule has 0 unspecified atom stereocenters. The van der Waals surface area contributed by atoms with Crippen LogP contribution < -0.4 is 0 Å². The van der Waals surface area contributed by atoms with Gasteiger partial charge in [0.05, 0.1) is 5.56 Å². The van der Waals surface area contributed by atoms with E-state index >= 15 is 0 Å². The van der Waals surface area contributed by atoms with Crippen molar-refractivity contribution in [1.29, 1.82) is 5.26 Å². The van der Waals surface area contributed by atoms with Crippen molar-refractivity contribution in [2.24, 2.45) is 11.8 Å². The van der Waals surface area contributed by atoms with Crippen molar-refractivity contribution < 1.29 is 4.39 Å². The Morgan fingerprint density at radius 3 is 2.65 bits per heavy atom. The summed E-state index contributed by atoms with van der Waals surface area (Å²) < 4.78 is 13.5. The van der Waals surface area contributed by atoms with Crippen LogP contribution in [0.4, 0.5) is 4.39 Å². The van der Waals surface area contributed by atoms with E-state index in [1.54, 1.807) is 11.6 Å². The lowest BCUT2D eigenvalue weighted by molar-refractivity contribution is 0.296. The Kier molecular flexibility index (Phi) is 5.61. The molecule has 0 amide bonds. The Hall–Kier alpha value is -1.33. The molecule has 20 heavy (non-hydrogen) atoms. The third-order valence-electron chi connectivity index (χ3n) is 4.23. The molecule has 0 saturated heterocycles. The number of hydrogen-bond donors (Lipinski definition) is 0. The maximum atomic E-state index is 13.5. The number of nitriles is 1. The summed E-state index contributed by atoms with van der Waals surface area (Å²) in [6, 6.07) is 6.79. The summed E-state index contributed by atoms with van der Waals surface area (Å²) in [5.41, 5.74) is 2.75. The summed E-state index contributed by atoms with van der Waals surface area (Å²) in [7, 11) is 0. The van der Waals surface area contributed by atoms with Gasteiger partial charge in [0.1, 0.15) is 11.9 Å². The molecule has 0 spiro atoms. The zero-order chi connectivity index (χ0) is 14.4. The second-order valence-electron chi connectivity index (χ2n) is 5.56. The maximum Gasteiger partial charge on any atom is 0.141 e. The molecular weight excluding hydrogens is 273 g/mol. The molecule has 1 aromatic carbocycles. The van der Waals surface area contributed by atoms with Gasteiger partial charge in [0.15, 0.2) is 0 Å². The minimum atomic E-state index is -0.402. The van der Waals surface area contributed by atoms with Crippen LogP contribution in [0, 0.1) is 29.0 Å². The Bertz CT molecular complexity index is 510. The van der Waals surface area contributed by atoms with Crippen molar-refractivity contribution in [2.45, 2.75) is 38.5 Å². The molecule has 0 radical (unpaired) electrons. The van der Waals surface area contributed by atoms with E-state index in [2.05, 4.69) is 6.08 Å². The summed E-state index contributed by atoms with van der Waals surface area (Å²) in [6.45, 7) is 0. The van der Waals surface area contributed by atoms with Gasteiger partial charge in [-0.05, 0) is 68.1 Å². The first-order valence-electron chi connectivity index (χ1n) is 7.18. The van der Waals surface area contributed by atoms with Gasteiger partial charge >= 0.3 is 0 Å². The van der Waals surface area contributed by atoms with Crippen molar-refractivity contribution >= 4 is 11.6 Å². The van der Waals surface area contributed by atoms with Crippen molar-refractivity contribution in [2.75, 3.05) is 0 Å². The van der Waals surface area contributed by atoms with E-state index in [1.807, 2.05) is 12.1 Å². The van der Waals surface area contributed by atoms with Gasteiger partial charge in [-0.25, -0.2) is 4.39 Å². The lowest BCUT2D eigenvalue weighted by Crippen LogP contribution is -2.13. The van der Waals surface area contributed by atoms with Gasteiger partial charge in [0, 0.05) is 5.54 Å². The molecular formula is C17H19ClFN. The first-order chi connectivity index (χ1) is 9.72. The maximum absolute atomic E-state index is 13.5. The second-order valence-corrected chi connectivity index (χ2v) is 5.82. The monoisotopic (exact) mass is 291 g/mol. The molecule has 0 bridgehead atoms. The highest BCUT2D eigenvalue weighted by Crippen LogP contribution is 2.32. The van der Waals surface area contributed by atoms with Crippen LogP contribution in [0.2, 0.25) is 0 Å². The third kappa shape index (κ3) is 4.08. The molecule has 1 fully saturated rings. The number of benzene rings is 1. The summed E-state index contributed by atoms with van der Waals surface area (Å²) >= 11 is 5.61. The van der Waals surface area contributed by atoms with Gasteiger partial charge in [-0.1, -0.05) is 23.7 Å². The predicted molar refractivity (Wildman–Crippen MR) is 79.9 cm³/mol. The van der Waals surface area contributed by atoms with Crippen LogP contribution in [-0.4, -0.2) is 0 Å². The number of hydrogen-bond acceptors (Lipinski definition) is 1. The average Bonchev–Trinajstić information content (AvgIpc) is 2.47. The van der Waals surface area contributed by atoms with Crippen LogP contribution in [-0.2, 0) is 6.42 Å². The Labute approximate surface area is 125 Å². The number of halogens is 2. The topological polar surface area (TPSA) is 23.8 Å². The van der Waals surface area contributed by atoms with E-state index in [9.17, 15) is 4.39 Å². The minimum absolute atomic E-state index is 0.127. The fourth-order valence-electron chi connectivity index (χ4n) is 2.95. The average molecular weight is 292 g/mol. The number of aryl methyl sites for hydroxylation is 1. The molecule has 1 saturated carbocycles. The molecule has 0 aromatic heterocycles. The van der Waals surface area contributed by atoms with E-state index in [1.165, 1.54) is 31.7 Å². The molecule has 0 aliphatic heterocycles. The van der Waals surface area contributed by atoms with Gasteiger partial charge in [-0.2, -0.15) is 5.26 Å². The van der Waals surface area contributed by atoms with Gasteiger partial charge < -0.3 is 0 Å². The summed E-state index contributed by atoms with van der Waals surface area (Å²) in [4.78, 5) is 0. The molecule has 1 aliphatic carbocycles. The van der Waals surface area contributed by atoms with Gasteiger partial charge in [0.25, 0.3) is 0 Å². The smallest absolute Gasteiger partial charge is 0.141 e. The van der Waals surface area contributed by atoms with Crippen molar-refractivity contribution in [3.05, 3.63) is 46.8 Å². The number of nitrogens with zero attached hydrogens (tertiary/aromatic N) is 1. The predicted octanol–water partition coefficient (Wildman–Crippen LogP) is 5.19. The molecule has 0 heterocycles. The third-order valence-corrected chi connectivity index (χ3v) is 4.38. The zero-order valence-electron chi connectivity index (χ0n) is 11.5. The SMILES string of the molecule is N#Cc1ccc(CC[C@H]2CC[C@H](/C=C/Cl)CC2)cc1F. The second kappa shape index (κ2) is 7.45. The van der Waals surface area contributed by atoms with Gasteiger partial charge in [-0.15, -0.1) is 0 Å². The van der Waals surface area contributed by atoms with Crippen LogP contribution in [0.5, 0.6) is 0 Å². The van der Waals surface area contributed by atoms with Crippen LogP contribution in [0.1, 0.15) is 43.2 Å². The summed E-state index contributed by atoms with van der Waals surface area (Å²) in [6.07, 6.45) is 8.94. The molecule has 2 rings (SSSR count). The Morgan fingerprint density at radius 1 is 1.30 bits per heavy atom. The van der Waals surface area contributed by atoms with Crippen molar-refractivity contribution in [3.8, 4) is 6.07 Å². The van der Waals surface area contributed by atoms with E-state index < -0.39 is 5.82 Å². The Balaban J connectivity index is 1.82. The standard InChI is InChI=1S/C17H19ClFN/c18-10-9-14-3-1-13(2-4-14)5-6-15-7-8-16(12-20)17(19)11-15/h7-11,13-14H,1-6H2/b10-9+/t13-,14-. The largest absolute Gasteiger partial charge is 0.206 e. The molecule has 106 valence electrons. The molecule has 0 atom stereocenters. The fourth-order valence-corrected chi connectivity index (χ4v) is 3.15. The van der Waals surface area contributed by atoms with Crippen LogP contribution in [0.15, 0.2) is 29.8 Å². The lowest BCUT2D eigenvalue weighted by Gasteiger charge is -2.26. The highest BCUT2D eigenvalue weighted by atomic mass is 35.5. The lowest BCUT2D eigenvalue weighted by atomic mass is 9.79. The molecule has 0 N–H and O–H groups in total. The van der Waals surface area contributed by atoms with E-state index in [0.717, 1.165) is 24.3 Å². The molecule has 1 aliphatic rings. The quantitative estimate of drug-likeness (QED) is 0.749. The Morgan fingerprint density at radius 2 is 2.05 bits per heavy atom. The number of allylic oxidation sites excluding steroid dienone is 1. The van der Waals surface area contributed by atoms with E-state index in [4.69, 9.17) is 16.9 Å². The van der Waals surface area contributed by atoms with E-state index in [-0.39, 0.29) is 5.56 Å². The number of rotatable bonds is 4. The van der Waals surface area contributed by atoms with Gasteiger partial charge in [0.2, 0.25) is 0 Å². The van der Waals surface area contributed by atoms with Crippen molar-refractivity contribution in [1.82, 2.24) is 0 Å². The highest BCUT2D eigenvalue weighted by molar-refractivity contribution is 6.25. The van der Waals surface area contributed by atoms with Crippen molar-refractivity contribution in [3.63, 3.8) is 0 Å². The van der Waals surface area contributed by atoms with Crippen LogP contribution in [0.3, 0.4) is 0 Å². The summed E-state index contributed by atoms with van der Waals surface area (Å²) in [5, 5.41) is 8.71. The first kappa shape index (κ1) is 15.1. The molecule has 3 heteroatoms. The first-order valence-corrected chi connectivity index (χ1v) is 7.62. The molecule has 1 nitrogen and oxygen atoms in total. The normalized spacial score (nSPS) is 22.9. The molecule has 1 aromatic rings. The fraction of sp³-hybridized carbons (Fsp3) is 0.471. The van der Waals surface area contributed by atoms with Gasteiger partial charge in [-0.3, -0.25) is 0 Å².